The Morgan fingerprint density at radius 3 is 1.45 bits per heavy atom. The van der Waals surface area contributed by atoms with Crippen LogP contribution in [0.4, 0.5) is 0 Å². The molecule has 0 aromatic heterocycles. The molecule has 0 aromatic carbocycles. The van der Waals surface area contributed by atoms with Crippen LogP contribution in [0.15, 0.2) is 48.6 Å². The van der Waals surface area contributed by atoms with Gasteiger partial charge in [0.15, 0.2) is 0 Å². The highest BCUT2D eigenvalue weighted by Gasteiger charge is 2.02. The number of unbranched alkanes of at least 4 members (excludes halogenated alkanes) is 17. The van der Waals surface area contributed by atoms with Crippen LogP contribution >= 0.6 is 0 Å². The number of carbonyl (C=O) groups excluding carboxylic acids is 1. The molecule has 2 nitrogen and oxygen atoms in total. The minimum absolute atomic E-state index is 0.00100. The molecule has 0 radical (unpaired) electrons. The van der Waals surface area contributed by atoms with Crippen LogP contribution in [-0.2, 0) is 9.53 Å². The summed E-state index contributed by atoms with van der Waals surface area (Å²) >= 11 is 0. The van der Waals surface area contributed by atoms with Crippen molar-refractivity contribution in [3.8, 4) is 0 Å². The molecule has 0 spiro atoms. The number of carbonyl (C=O) groups is 1. The number of hydrogen-bond donors (Lipinski definition) is 0. The number of esters is 1. The van der Waals surface area contributed by atoms with Crippen LogP contribution in [0.3, 0.4) is 0 Å². The summed E-state index contributed by atoms with van der Waals surface area (Å²) in [5.41, 5.74) is 0. The summed E-state index contributed by atoms with van der Waals surface area (Å²) in [6.45, 7) is 5.05. The van der Waals surface area contributed by atoms with E-state index in [2.05, 4.69) is 62.5 Å². The van der Waals surface area contributed by atoms with Gasteiger partial charge in [0.05, 0.1) is 6.61 Å². The summed E-state index contributed by atoms with van der Waals surface area (Å²) in [6, 6.07) is 0. The second kappa shape index (κ2) is 33.5. The predicted molar refractivity (Wildman–Crippen MR) is 170 cm³/mol. The van der Waals surface area contributed by atoms with E-state index in [0.717, 1.165) is 38.5 Å². The van der Waals surface area contributed by atoms with E-state index in [1.54, 1.807) is 0 Å². The van der Waals surface area contributed by atoms with E-state index < -0.39 is 0 Å². The van der Waals surface area contributed by atoms with Gasteiger partial charge in [-0.3, -0.25) is 4.79 Å². The Bertz CT molecular complexity index is 584. The van der Waals surface area contributed by atoms with E-state index in [-0.39, 0.29) is 5.97 Å². The van der Waals surface area contributed by atoms with Crippen LogP contribution in [0.2, 0.25) is 0 Å². The Morgan fingerprint density at radius 2 is 0.895 bits per heavy atom. The van der Waals surface area contributed by atoms with Crippen LogP contribution in [0.5, 0.6) is 0 Å². The monoisotopic (exact) mass is 528 g/mol. The summed E-state index contributed by atoms with van der Waals surface area (Å²) in [7, 11) is 0. The summed E-state index contributed by atoms with van der Waals surface area (Å²) in [5.74, 6) is -0.00100. The first kappa shape index (κ1) is 36.4. The molecule has 0 fully saturated rings. The van der Waals surface area contributed by atoms with E-state index in [0.29, 0.717) is 13.0 Å². The third-order valence-corrected chi connectivity index (χ3v) is 6.95. The van der Waals surface area contributed by atoms with Crippen molar-refractivity contribution in [1.29, 1.82) is 0 Å². The van der Waals surface area contributed by atoms with Gasteiger partial charge in [0.1, 0.15) is 0 Å². The quantitative estimate of drug-likeness (QED) is 0.0548. The average molecular weight is 529 g/mol. The Labute approximate surface area is 238 Å². The summed E-state index contributed by atoms with van der Waals surface area (Å²) in [6.07, 6.45) is 47.3. The summed E-state index contributed by atoms with van der Waals surface area (Å²) in [5, 5.41) is 0. The lowest BCUT2D eigenvalue weighted by Crippen LogP contribution is -2.05. The normalized spacial score (nSPS) is 12.2. The van der Waals surface area contributed by atoms with Gasteiger partial charge < -0.3 is 4.74 Å². The third kappa shape index (κ3) is 32.5. The molecule has 0 aliphatic heterocycles. The van der Waals surface area contributed by atoms with Crippen molar-refractivity contribution >= 4 is 5.97 Å². The highest BCUT2D eigenvalue weighted by molar-refractivity contribution is 5.69. The Kier molecular flexibility index (Phi) is 32.1. The van der Waals surface area contributed by atoms with E-state index in [4.69, 9.17) is 4.74 Å². The Hall–Kier alpha value is -1.57. The first-order valence-electron chi connectivity index (χ1n) is 16.6. The van der Waals surface area contributed by atoms with E-state index in [1.165, 1.54) is 109 Å². The second-order valence-corrected chi connectivity index (χ2v) is 10.8. The maximum Gasteiger partial charge on any atom is 0.305 e. The molecular formula is C36H64O2. The van der Waals surface area contributed by atoms with Crippen LogP contribution in [0.1, 0.15) is 168 Å². The van der Waals surface area contributed by atoms with Crippen molar-refractivity contribution in [3.05, 3.63) is 48.6 Å². The molecule has 0 unspecified atom stereocenters. The highest BCUT2D eigenvalue weighted by Crippen LogP contribution is 2.11. The van der Waals surface area contributed by atoms with Crippen molar-refractivity contribution in [2.75, 3.05) is 6.61 Å². The molecule has 0 aliphatic carbocycles. The zero-order chi connectivity index (χ0) is 27.6. The van der Waals surface area contributed by atoms with Gasteiger partial charge in [-0.2, -0.15) is 0 Å². The number of allylic oxidation sites excluding steroid dienone is 8. The van der Waals surface area contributed by atoms with Crippen molar-refractivity contribution in [2.24, 2.45) is 0 Å². The van der Waals surface area contributed by atoms with Crippen LogP contribution < -0.4 is 0 Å². The van der Waals surface area contributed by atoms with Gasteiger partial charge in [-0.15, -0.1) is 0 Å². The van der Waals surface area contributed by atoms with E-state index in [9.17, 15) is 4.79 Å². The molecule has 0 aromatic rings. The fraction of sp³-hybridized carbons (Fsp3) is 0.750. The lowest BCUT2D eigenvalue weighted by atomic mass is 10.1. The molecule has 0 rings (SSSR count). The van der Waals surface area contributed by atoms with Crippen molar-refractivity contribution < 1.29 is 9.53 Å². The van der Waals surface area contributed by atoms with Crippen LogP contribution in [-0.4, -0.2) is 12.6 Å². The fourth-order valence-electron chi connectivity index (χ4n) is 4.50. The van der Waals surface area contributed by atoms with Crippen LogP contribution in [0.25, 0.3) is 0 Å². The molecule has 0 saturated heterocycles. The van der Waals surface area contributed by atoms with Gasteiger partial charge in [0.25, 0.3) is 0 Å². The van der Waals surface area contributed by atoms with Gasteiger partial charge in [-0.25, -0.2) is 0 Å². The number of rotatable bonds is 29. The minimum atomic E-state index is -0.00100. The topological polar surface area (TPSA) is 26.3 Å². The first-order valence-corrected chi connectivity index (χ1v) is 16.6. The van der Waals surface area contributed by atoms with E-state index in [1.807, 2.05) is 0 Å². The summed E-state index contributed by atoms with van der Waals surface area (Å²) < 4.78 is 5.41. The van der Waals surface area contributed by atoms with E-state index >= 15 is 0 Å². The average Bonchev–Trinajstić information content (AvgIpc) is 2.92. The second-order valence-electron chi connectivity index (χ2n) is 10.8. The smallest absolute Gasteiger partial charge is 0.305 e. The number of hydrogen-bond acceptors (Lipinski definition) is 2. The van der Waals surface area contributed by atoms with Gasteiger partial charge >= 0.3 is 5.97 Å². The SMILES string of the molecule is CCC=CCC=CCC=CCCCCCCCC(=O)OCCCCCCCCC=CCCCCCCCC. The molecule has 0 N–H and O–H groups in total. The molecule has 38 heavy (non-hydrogen) atoms. The molecule has 0 saturated carbocycles. The molecule has 0 atom stereocenters. The molecule has 2 heteroatoms. The van der Waals surface area contributed by atoms with Crippen LogP contribution in [0, 0.1) is 0 Å². The Morgan fingerprint density at radius 1 is 0.474 bits per heavy atom. The minimum Gasteiger partial charge on any atom is -0.466 e. The zero-order valence-corrected chi connectivity index (χ0v) is 25.6. The first-order chi connectivity index (χ1) is 18.8. The van der Waals surface area contributed by atoms with Gasteiger partial charge in [0, 0.05) is 6.42 Å². The predicted octanol–water partition coefficient (Wildman–Crippen LogP) is 12.2. The van der Waals surface area contributed by atoms with Crippen molar-refractivity contribution in [3.63, 3.8) is 0 Å². The molecule has 0 aliphatic rings. The maximum absolute atomic E-state index is 11.9. The maximum atomic E-state index is 11.9. The standard InChI is InChI=1S/C36H64O2/c1-3-5-7-9-11-13-15-17-19-21-23-25-27-29-31-33-35-38-36(37)34-32-30-28-26-24-22-20-18-16-14-12-10-8-6-4-2/h6,8,12,14,17-20H,3-5,7,9-11,13,15-16,21-35H2,1-2H3. The lowest BCUT2D eigenvalue weighted by Gasteiger charge is -2.05. The fourth-order valence-corrected chi connectivity index (χ4v) is 4.50. The molecule has 220 valence electrons. The molecule has 0 amide bonds. The molecule has 0 bridgehead atoms. The number of ether oxygens (including phenoxy) is 1. The Balaban J connectivity index is 3.28. The van der Waals surface area contributed by atoms with Gasteiger partial charge in [-0.05, 0) is 70.6 Å². The zero-order valence-electron chi connectivity index (χ0n) is 25.6. The third-order valence-electron chi connectivity index (χ3n) is 6.95. The van der Waals surface area contributed by atoms with Gasteiger partial charge in [-0.1, -0.05) is 140 Å². The highest BCUT2D eigenvalue weighted by atomic mass is 16.5. The molecular weight excluding hydrogens is 464 g/mol. The summed E-state index contributed by atoms with van der Waals surface area (Å²) in [4.78, 5) is 11.9. The van der Waals surface area contributed by atoms with Crippen molar-refractivity contribution in [1.82, 2.24) is 0 Å². The lowest BCUT2D eigenvalue weighted by molar-refractivity contribution is -0.143. The van der Waals surface area contributed by atoms with Crippen molar-refractivity contribution in [2.45, 2.75) is 168 Å². The van der Waals surface area contributed by atoms with Gasteiger partial charge in [0.2, 0.25) is 0 Å². The largest absolute Gasteiger partial charge is 0.466 e. The molecule has 0 heterocycles.